The highest BCUT2D eigenvalue weighted by Crippen LogP contribution is 2.23. The standard InChI is InChI=1S/C10H8ClNO2S/c11-15(13,14)10-4-2-7-5-9(12)3-1-8(7)6-10/h1-6H,12H2. The molecule has 2 aromatic carbocycles. The summed E-state index contributed by atoms with van der Waals surface area (Å²) < 4.78 is 22.2. The van der Waals surface area contributed by atoms with E-state index in [0.29, 0.717) is 5.69 Å². The summed E-state index contributed by atoms with van der Waals surface area (Å²) in [7, 11) is 1.57. The second-order valence-electron chi connectivity index (χ2n) is 3.21. The molecule has 15 heavy (non-hydrogen) atoms. The van der Waals surface area contributed by atoms with Crippen molar-refractivity contribution in [3.05, 3.63) is 36.4 Å². The van der Waals surface area contributed by atoms with E-state index in [-0.39, 0.29) is 4.90 Å². The lowest BCUT2D eigenvalue weighted by Gasteiger charge is -2.01. The molecule has 0 amide bonds. The predicted molar refractivity (Wildman–Crippen MR) is 61.4 cm³/mol. The summed E-state index contributed by atoms with van der Waals surface area (Å²) in [6.45, 7) is 0. The van der Waals surface area contributed by atoms with Crippen LogP contribution in [0.15, 0.2) is 41.3 Å². The van der Waals surface area contributed by atoms with Crippen LogP contribution >= 0.6 is 10.7 Å². The maximum atomic E-state index is 11.1. The molecule has 5 heteroatoms. The van der Waals surface area contributed by atoms with Crippen molar-refractivity contribution in [3.8, 4) is 0 Å². The molecule has 0 radical (unpaired) electrons. The molecule has 0 heterocycles. The van der Waals surface area contributed by atoms with Gasteiger partial charge in [0, 0.05) is 16.4 Å². The van der Waals surface area contributed by atoms with Gasteiger partial charge >= 0.3 is 0 Å². The number of benzene rings is 2. The van der Waals surface area contributed by atoms with Gasteiger partial charge < -0.3 is 5.73 Å². The van der Waals surface area contributed by atoms with E-state index in [9.17, 15) is 8.42 Å². The molecule has 0 fully saturated rings. The molecule has 2 rings (SSSR count). The Labute approximate surface area is 91.9 Å². The second-order valence-corrected chi connectivity index (χ2v) is 5.77. The summed E-state index contributed by atoms with van der Waals surface area (Å²) >= 11 is 0. The number of hydrogen-bond acceptors (Lipinski definition) is 3. The summed E-state index contributed by atoms with van der Waals surface area (Å²) in [5, 5.41) is 1.69. The van der Waals surface area contributed by atoms with Gasteiger partial charge in [-0.1, -0.05) is 12.1 Å². The maximum absolute atomic E-state index is 11.1. The SMILES string of the molecule is Nc1ccc2cc(S(=O)(=O)Cl)ccc2c1. The molecule has 0 unspecified atom stereocenters. The van der Waals surface area contributed by atoms with Crippen molar-refractivity contribution in [2.24, 2.45) is 0 Å². The molecule has 2 aromatic rings. The van der Waals surface area contributed by atoms with Gasteiger partial charge in [-0.25, -0.2) is 8.42 Å². The van der Waals surface area contributed by atoms with Gasteiger partial charge in [0.1, 0.15) is 0 Å². The first-order chi connectivity index (χ1) is 6.97. The van der Waals surface area contributed by atoms with Crippen LogP contribution in [0.5, 0.6) is 0 Å². The Kier molecular flexibility index (Phi) is 2.32. The zero-order valence-corrected chi connectivity index (χ0v) is 9.22. The molecule has 3 nitrogen and oxygen atoms in total. The average molecular weight is 242 g/mol. The smallest absolute Gasteiger partial charge is 0.261 e. The minimum Gasteiger partial charge on any atom is -0.399 e. The summed E-state index contributed by atoms with van der Waals surface area (Å²) in [5.74, 6) is 0. The number of anilines is 1. The fourth-order valence-corrected chi connectivity index (χ4v) is 2.18. The number of nitrogen functional groups attached to an aromatic ring is 1. The molecule has 0 aliphatic rings. The highest BCUT2D eigenvalue weighted by molar-refractivity contribution is 8.13. The molecule has 0 spiro atoms. The number of fused-ring (bicyclic) bond motifs is 1. The van der Waals surface area contributed by atoms with E-state index in [1.807, 2.05) is 0 Å². The van der Waals surface area contributed by atoms with Crippen LogP contribution in [0.4, 0.5) is 5.69 Å². The molecule has 0 aromatic heterocycles. The quantitative estimate of drug-likeness (QED) is 0.616. The fourth-order valence-electron chi connectivity index (χ4n) is 1.39. The van der Waals surface area contributed by atoms with Gasteiger partial charge in [0.15, 0.2) is 0 Å². The van der Waals surface area contributed by atoms with Crippen LogP contribution < -0.4 is 5.73 Å². The van der Waals surface area contributed by atoms with Crippen LogP contribution in [-0.2, 0) is 9.05 Å². The lowest BCUT2D eigenvalue weighted by Crippen LogP contribution is -1.90. The third-order valence-electron chi connectivity index (χ3n) is 2.12. The van der Waals surface area contributed by atoms with E-state index in [2.05, 4.69) is 0 Å². The summed E-state index contributed by atoms with van der Waals surface area (Å²) in [5.41, 5.74) is 6.25. The molecule has 0 aliphatic heterocycles. The lowest BCUT2D eigenvalue weighted by molar-refractivity contribution is 0.609. The average Bonchev–Trinajstić information content (AvgIpc) is 2.15. The van der Waals surface area contributed by atoms with E-state index in [0.717, 1.165) is 10.8 Å². The fraction of sp³-hybridized carbons (Fsp3) is 0. The zero-order chi connectivity index (χ0) is 11.1. The van der Waals surface area contributed by atoms with Crippen molar-refractivity contribution < 1.29 is 8.42 Å². The van der Waals surface area contributed by atoms with E-state index in [4.69, 9.17) is 16.4 Å². The first-order valence-corrected chi connectivity index (χ1v) is 6.52. The van der Waals surface area contributed by atoms with Gasteiger partial charge in [-0.05, 0) is 35.0 Å². The Balaban J connectivity index is 2.73. The van der Waals surface area contributed by atoms with Crippen molar-refractivity contribution in [2.45, 2.75) is 4.90 Å². The maximum Gasteiger partial charge on any atom is 0.261 e. The van der Waals surface area contributed by atoms with Crippen LogP contribution in [0.25, 0.3) is 10.8 Å². The van der Waals surface area contributed by atoms with E-state index >= 15 is 0 Å². The molecule has 0 saturated carbocycles. The Morgan fingerprint density at radius 1 is 1.00 bits per heavy atom. The molecule has 0 saturated heterocycles. The summed E-state index contributed by atoms with van der Waals surface area (Å²) in [6.07, 6.45) is 0. The topological polar surface area (TPSA) is 60.2 Å². The molecule has 78 valence electrons. The van der Waals surface area contributed by atoms with E-state index < -0.39 is 9.05 Å². The number of rotatable bonds is 1. The highest BCUT2D eigenvalue weighted by atomic mass is 35.7. The molecular formula is C10H8ClNO2S. The van der Waals surface area contributed by atoms with Crippen molar-refractivity contribution in [3.63, 3.8) is 0 Å². The highest BCUT2D eigenvalue weighted by Gasteiger charge is 2.09. The van der Waals surface area contributed by atoms with Crippen LogP contribution in [0.2, 0.25) is 0 Å². The number of nitrogens with two attached hydrogens (primary N) is 1. The minimum absolute atomic E-state index is 0.0986. The van der Waals surface area contributed by atoms with Crippen molar-refractivity contribution in [1.82, 2.24) is 0 Å². The predicted octanol–water partition coefficient (Wildman–Crippen LogP) is 2.35. The van der Waals surface area contributed by atoms with Crippen molar-refractivity contribution >= 4 is 36.2 Å². The lowest BCUT2D eigenvalue weighted by atomic mass is 10.1. The monoisotopic (exact) mass is 241 g/mol. The van der Waals surface area contributed by atoms with Gasteiger partial charge in [0.2, 0.25) is 0 Å². The largest absolute Gasteiger partial charge is 0.399 e. The summed E-state index contributed by atoms with van der Waals surface area (Å²) in [6, 6.07) is 9.92. The van der Waals surface area contributed by atoms with E-state index in [1.165, 1.54) is 12.1 Å². The van der Waals surface area contributed by atoms with Crippen LogP contribution in [0, 0.1) is 0 Å². The van der Waals surface area contributed by atoms with Gasteiger partial charge in [-0.2, -0.15) is 0 Å². The van der Waals surface area contributed by atoms with Crippen LogP contribution in [-0.4, -0.2) is 8.42 Å². The third-order valence-corrected chi connectivity index (χ3v) is 3.47. The molecular weight excluding hydrogens is 234 g/mol. The second kappa shape index (κ2) is 3.40. The van der Waals surface area contributed by atoms with Crippen molar-refractivity contribution in [1.29, 1.82) is 0 Å². The Morgan fingerprint density at radius 2 is 1.60 bits per heavy atom. The van der Waals surface area contributed by atoms with Gasteiger partial charge in [0.25, 0.3) is 9.05 Å². The first-order valence-electron chi connectivity index (χ1n) is 4.21. The molecule has 0 bridgehead atoms. The van der Waals surface area contributed by atoms with Gasteiger partial charge in [-0.15, -0.1) is 0 Å². The van der Waals surface area contributed by atoms with Gasteiger partial charge in [0.05, 0.1) is 4.90 Å². The van der Waals surface area contributed by atoms with Crippen molar-refractivity contribution in [2.75, 3.05) is 5.73 Å². The molecule has 0 atom stereocenters. The first kappa shape index (κ1) is 10.3. The third kappa shape index (κ3) is 2.06. The van der Waals surface area contributed by atoms with E-state index in [1.54, 1.807) is 24.3 Å². The van der Waals surface area contributed by atoms with Gasteiger partial charge in [-0.3, -0.25) is 0 Å². The van der Waals surface area contributed by atoms with Crippen LogP contribution in [0.1, 0.15) is 0 Å². The van der Waals surface area contributed by atoms with Crippen LogP contribution in [0.3, 0.4) is 0 Å². The normalized spacial score (nSPS) is 11.8. The Hall–Kier alpha value is -1.26. The molecule has 2 N–H and O–H groups in total. The minimum atomic E-state index is -3.66. The zero-order valence-electron chi connectivity index (χ0n) is 7.64. The number of hydrogen-bond donors (Lipinski definition) is 1. The summed E-state index contributed by atoms with van der Waals surface area (Å²) in [4.78, 5) is 0.0986. The Bertz CT molecular complexity index is 622. The Morgan fingerprint density at radius 3 is 2.27 bits per heavy atom. The molecule has 0 aliphatic carbocycles. The number of halogens is 1.